The standard InChI is InChI=1S/C16H32N4O4/c1-7-11(9-21)17-13(23)15(3,4)19-20-16(5,6)14(24)18-12(8-2)10-22/h11-12,21-22H,7-10H2,1-6H3,(H,17,23)(H,18,24). The molecular formula is C16H32N4O4. The average Bonchev–Trinajstić information content (AvgIpc) is 2.55. The summed E-state index contributed by atoms with van der Waals surface area (Å²) in [5, 5.41) is 31.8. The van der Waals surface area contributed by atoms with Crippen molar-refractivity contribution in [2.24, 2.45) is 10.2 Å². The van der Waals surface area contributed by atoms with E-state index in [0.717, 1.165) is 0 Å². The Morgan fingerprint density at radius 2 is 1.12 bits per heavy atom. The molecule has 140 valence electrons. The van der Waals surface area contributed by atoms with Gasteiger partial charge in [-0.2, -0.15) is 10.2 Å². The van der Waals surface area contributed by atoms with Gasteiger partial charge in [0, 0.05) is 0 Å². The topological polar surface area (TPSA) is 123 Å². The number of nitrogens with zero attached hydrogens (tertiary/aromatic N) is 2. The van der Waals surface area contributed by atoms with Crippen molar-refractivity contribution >= 4 is 11.8 Å². The van der Waals surface area contributed by atoms with Crippen molar-refractivity contribution in [2.45, 2.75) is 77.5 Å². The Morgan fingerprint density at radius 3 is 1.33 bits per heavy atom. The van der Waals surface area contributed by atoms with Crippen LogP contribution in [0.5, 0.6) is 0 Å². The summed E-state index contributed by atoms with van der Waals surface area (Å²) < 4.78 is 0. The number of hydrogen-bond acceptors (Lipinski definition) is 6. The molecule has 0 aliphatic rings. The van der Waals surface area contributed by atoms with Crippen molar-refractivity contribution in [1.82, 2.24) is 10.6 Å². The minimum Gasteiger partial charge on any atom is -0.394 e. The molecule has 2 amide bonds. The largest absolute Gasteiger partial charge is 0.394 e. The molecule has 0 saturated carbocycles. The van der Waals surface area contributed by atoms with Crippen LogP contribution in [0.4, 0.5) is 0 Å². The number of carbonyl (C=O) groups is 2. The maximum Gasteiger partial charge on any atom is 0.249 e. The predicted octanol–water partition coefficient (Wildman–Crippen LogP) is 0.770. The molecule has 0 aromatic carbocycles. The van der Waals surface area contributed by atoms with Gasteiger partial charge in [-0.25, -0.2) is 0 Å². The summed E-state index contributed by atoms with van der Waals surface area (Å²) in [6.45, 7) is 9.77. The fourth-order valence-corrected chi connectivity index (χ4v) is 1.62. The van der Waals surface area contributed by atoms with E-state index in [1.54, 1.807) is 27.7 Å². The lowest BCUT2D eigenvalue weighted by atomic mass is 10.0. The predicted molar refractivity (Wildman–Crippen MR) is 91.6 cm³/mol. The molecule has 0 fully saturated rings. The number of carbonyl (C=O) groups excluding carboxylic acids is 2. The van der Waals surface area contributed by atoms with E-state index >= 15 is 0 Å². The number of hydrogen-bond donors (Lipinski definition) is 4. The second-order valence-electron chi connectivity index (χ2n) is 6.84. The highest BCUT2D eigenvalue weighted by Crippen LogP contribution is 2.17. The maximum atomic E-state index is 12.2. The van der Waals surface area contributed by atoms with Crippen LogP contribution in [-0.2, 0) is 9.59 Å². The van der Waals surface area contributed by atoms with Gasteiger partial charge in [-0.3, -0.25) is 9.59 Å². The van der Waals surface area contributed by atoms with Crippen molar-refractivity contribution < 1.29 is 19.8 Å². The average molecular weight is 344 g/mol. The molecule has 8 heteroatoms. The molecule has 0 saturated heterocycles. The van der Waals surface area contributed by atoms with Crippen LogP contribution in [0.1, 0.15) is 54.4 Å². The Bertz CT molecular complexity index is 401. The molecule has 4 N–H and O–H groups in total. The van der Waals surface area contributed by atoms with Crippen molar-refractivity contribution in [2.75, 3.05) is 13.2 Å². The number of rotatable bonds is 10. The normalized spacial score (nSPS) is 15.2. The third-order valence-electron chi connectivity index (χ3n) is 3.76. The summed E-state index contributed by atoms with van der Waals surface area (Å²) >= 11 is 0. The van der Waals surface area contributed by atoms with E-state index in [4.69, 9.17) is 10.2 Å². The molecule has 2 unspecified atom stereocenters. The molecule has 0 radical (unpaired) electrons. The van der Waals surface area contributed by atoms with Crippen LogP contribution in [-0.4, -0.2) is 58.4 Å². The quantitative estimate of drug-likeness (QED) is 0.437. The van der Waals surface area contributed by atoms with E-state index in [9.17, 15) is 9.59 Å². The van der Waals surface area contributed by atoms with E-state index in [0.29, 0.717) is 12.8 Å². The maximum absolute atomic E-state index is 12.2. The van der Waals surface area contributed by atoms with E-state index in [-0.39, 0.29) is 37.1 Å². The van der Waals surface area contributed by atoms with Gasteiger partial charge in [0.1, 0.15) is 0 Å². The molecule has 0 aliphatic heterocycles. The zero-order valence-corrected chi connectivity index (χ0v) is 15.6. The third-order valence-corrected chi connectivity index (χ3v) is 3.76. The number of amides is 2. The SMILES string of the molecule is CCC(CO)NC(=O)C(C)(C)N=NC(C)(C)C(=O)NC(CC)CO. The van der Waals surface area contributed by atoms with Gasteiger partial charge in [0.2, 0.25) is 11.8 Å². The zero-order valence-electron chi connectivity index (χ0n) is 15.6. The van der Waals surface area contributed by atoms with Gasteiger partial charge < -0.3 is 20.8 Å². The highest BCUT2D eigenvalue weighted by molar-refractivity contribution is 5.87. The van der Waals surface area contributed by atoms with Crippen LogP contribution in [0, 0.1) is 0 Å². The van der Waals surface area contributed by atoms with Gasteiger partial charge in [0.25, 0.3) is 0 Å². The Balaban J connectivity index is 4.98. The second-order valence-corrected chi connectivity index (χ2v) is 6.84. The summed E-state index contributed by atoms with van der Waals surface area (Å²) in [4.78, 5) is 24.5. The lowest BCUT2D eigenvalue weighted by molar-refractivity contribution is -0.128. The summed E-state index contributed by atoms with van der Waals surface area (Å²) in [7, 11) is 0. The van der Waals surface area contributed by atoms with E-state index in [1.165, 1.54) is 0 Å². The highest BCUT2D eigenvalue weighted by atomic mass is 16.3. The molecule has 0 spiro atoms. The van der Waals surface area contributed by atoms with Gasteiger partial charge in [-0.15, -0.1) is 0 Å². The smallest absolute Gasteiger partial charge is 0.249 e. The lowest BCUT2D eigenvalue weighted by Gasteiger charge is -2.25. The zero-order chi connectivity index (χ0) is 19.0. The van der Waals surface area contributed by atoms with Crippen LogP contribution < -0.4 is 10.6 Å². The Hall–Kier alpha value is -1.54. The molecule has 24 heavy (non-hydrogen) atoms. The number of nitrogens with one attached hydrogen (secondary N) is 2. The first-order chi connectivity index (χ1) is 11.0. The molecule has 2 atom stereocenters. The van der Waals surface area contributed by atoms with E-state index < -0.39 is 11.1 Å². The van der Waals surface area contributed by atoms with Gasteiger partial charge in [-0.1, -0.05) is 13.8 Å². The number of aliphatic hydroxyl groups excluding tert-OH is 2. The van der Waals surface area contributed by atoms with Crippen molar-refractivity contribution in [3.05, 3.63) is 0 Å². The van der Waals surface area contributed by atoms with Crippen LogP contribution in [0.3, 0.4) is 0 Å². The van der Waals surface area contributed by atoms with E-state index in [2.05, 4.69) is 20.9 Å². The first-order valence-corrected chi connectivity index (χ1v) is 8.31. The first-order valence-electron chi connectivity index (χ1n) is 8.31. The van der Waals surface area contributed by atoms with Crippen molar-refractivity contribution in [3.63, 3.8) is 0 Å². The van der Waals surface area contributed by atoms with Crippen LogP contribution in [0.2, 0.25) is 0 Å². The lowest BCUT2D eigenvalue weighted by Crippen LogP contribution is -2.48. The van der Waals surface area contributed by atoms with Gasteiger partial charge in [-0.05, 0) is 40.5 Å². The molecule has 0 aliphatic carbocycles. The first kappa shape index (κ1) is 22.5. The van der Waals surface area contributed by atoms with Crippen molar-refractivity contribution in [1.29, 1.82) is 0 Å². The molecule has 8 nitrogen and oxygen atoms in total. The summed E-state index contributed by atoms with van der Waals surface area (Å²) in [5.74, 6) is -0.740. The number of azo groups is 1. The second kappa shape index (κ2) is 9.68. The third kappa shape index (κ3) is 6.92. The van der Waals surface area contributed by atoms with E-state index in [1.807, 2.05) is 13.8 Å². The van der Waals surface area contributed by atoms with Crippen molar-refractivity contribution in [3.8, 4) is 0 Å². The molecular weight excluding hydrogens is 312 g/mol. The van der Waals surface area contributed by atoms with Gasteiger partial charge in [0.15, 0.2) is 11.1 Å². The minimum atomic E-state index is -1.17. The fraction of sp³-hybridized carbons (Fsp3) is 0.875. The Morgan fingerprint density at radius 1 is 0.833 bits per heavy atom. The molecule has 0 aromatic heterocycles. The Kier molecular flexibility index (Phi) is 9.06. The number of aliphatic hydroxyl groups is 2. The monoisotopic (exact) mass is 344 g/mol. The minimum absolute atomic E-state index is 0.150. The Labute approximate surface area is 144 Å². The van der Waals surface area contributed by atoms with Gasteiger partial charge >= 0.3 is 0 Å². The van der Waals surface area contributed by atoms with Gasteiger partial charge in [0.05, 0.1) is 25.3 Å². The highest BCUT2D eigenvalue weighted by Gasteiger charge is 2.33. The summed E-state index contributed by atoms with van der Waals surface area (Å²) in [6.07, 6.45) is 1.20. The summed E-state index contributed by atoms with van der Waals surface area (Å²) in [5.41, 5.74) is -2.33. The molecule has 0 aromatic rings. The fourth-order valence-electron chi connectivity index (χ4n) is 1.62. The summed E-state index contributed by atoms with van der Waals surface area (Å²) in [6, 6.07) is -0.670. The van der Waals surface area contributed by atoms with Crippen LogP contribution >= 0.6 is 0 Å². The molecule has 0 heterocycles. The molecule has 0 rings (SSSR count). The molecule has 0 bridgehead atoms. The van der Waals surface area contributed by atoms with Crippen LogP contribution in [0.15, 0.2) is 10.2 Å². The van der Waals surface area contributed by atoms with Crippen LogP contribution in [0.25, 0.3) is 0 Å².